The lowest BCUT2D eigenvalue weighted by atomic mass is 9.98. The van der Waals surface area contributed by atoms with Crippen molar-refractivity contribution in [3.63, 3.8) is 0 Å². The first-order valence-corrected chi connectivity index (χ1v) is 8.42. The van der Waals surface area contributed by atoms with E-state index in [4.69, 9.17) is 0 Å². The van der Waals surface area contributed by atoms with Crippen molar-refractivity contribution in [2.24, 2.45) is 0 Å². The lowest BCUT2D eigenvalue weighted by Crippen LogP contribution is -2.63. The molecule has 0 bridgehead atoms. The van der Waals surface area contributed by atoms with E-state index in [0.717, 1.165) is 17.4 Å². The maximum absolute atomic E-state index is 12.9. The summed E-state index contributed by atoms with van der Waals surface area (Å²) in [5.41, 5.74) is -1.44. The summed E-state index contributed by atoms with van der Waals surface area (Å²) in [6.07, 6.45) is -4.54. The number of amides is 2. The molecule has 0 spiro atoms. The highest BCUT2D eigenvalue weighted by molar-refractivity contribution is 7.20. The first-order chi connectivity index (χ1) is 11.5. The molecule has 0 radical (unpaired) electrons. The molecule has 3 rings (SSSR count). The second-order valence-electron chi connectivity index (χ2n) is 6.37. The number of thiophene rings is 1. The largest absolute Gasteiger partial charge is 0.433 e. The zero-order chi connectivity index (χ0) is 18.6. The summed E-state index contributed by atoms with van der Waals surface area (Å²) in [7, 11) is 0. The lowest BCUT2D eigenvalue weighted by molar-refractivity contribution is -0.141. The highest BCUT2D eigenvalue weighted by Gasteiger charge is 2.41. The number of fused-ring (bicyclic) bond motifs is 1. The van der Waals surface area contributed by atoms with Crippen LogP contribution in [0.15, 0.2) is 12.1 Å². The second kappa shape index (κ2) is 5.69. The van der Waals surface area contributed by atoms with Gasteiger partial charge in [-0.15, -0.1) is 11.3 Å². The Morgan fingerprint density at radius 1 is 1.36 bits per heavy atom. The number of hydrogen-bond acceptors (Lipinski definition) is 4. The van der Waals surface area contributed by atoms with Crippen LogP contribution in [-0.4, -0.2) is 40.3 Å². The molecule has 1 aliphatic heterocycles. The van der Waals surface area contributed by atoms with Crippen molar-refractivity contribution in [2.75, 3.05) is 13.1 Å². The minimum absolute atomic E-state index is 0.162. The van der Waals surface area contributed by atoms with E-state index in [1.54, 1.807) is 20.8 Å². The number of carbonyl (C=O) groups excluding carboxylic acids is 2. The van der Waals surface area contributed by atoms with Crippen molar-refractivity contribution < 1.29 is 22.8 Å². The summed E-state index contributed by atoms with van der Waals surface area (Å²) in [5.74, 6) is -0.628. The Morgan fingerprint density at radius 3 is 2.68 bits per heavy atom. The van der Waals surface area contributed by atoms with Crippen LogP contribution in [0.4, 0.5) is 13.2 Å². The molecule has 2 aromatic heterocycles. The molecule has 0 aromatic carbocycles. The fourth-order valence-electron chi connectivity index (χ4n) is 2.84. The van der Waals surface area contributed by atoms with Gasteiger partial charge >= 0.3 is 6.18 Å². The van der Waals surface area contributed by atoms with Gasteiger partial charge in [-0.25, -0.2) is 4.98 Å². The number of halogens is 3. The standard InChI is InChI=1S/C16H16F3N3O2S/c1-8-9-4-5-10(16(17,18)19)21-12(9)25-11(8)13(23)22-7-6-20-14(24)15(22,2)3/h4-5H,6-7H2,1-3H3,(H,20,24). The third-order valence-corrected chi connectivity index (χ3v) is 5.57. The summed E-state index contributed by atoms with van der Waals surface area (Å²) >= 11 is 0.924. The summed E-state index contributed by atoms with van der Waals surface area (Å²) < 4.78 is 38.5. The summed E-state index contributed by atoms with van der Waals surface area (Å²) in [5, 5.41) is 3.22. The van der Waals surface area contributed by atoms with Crippen LogP contribution < -0.4 is 5.32 Å². The van der Waals surface area contributed by atoms with Crippen LogP contribution in [0.3, 0.4) is 0 Å². The highest BCUT2D eigenvalue weighted by atomic mass is 32.1. The molecule has 25 heavy (non-hydrogen) atoms. The molecule has 0 atom stereocenters. The van der Waals surface area contributed by atoms with Gasteiger partial charge in [0.15, 0.2) is 0 Å². The molecule has 1 N–H and O–H groups in total. The minimum atomic E-state index is -4.54. The van der Waals surface area contributed by atoms with E-state index < -0.39 is 17.4 Å². The third kappa shape index (κ3) is 2.86. The number of pyridine rings is 1. The fourth-order valence-corrected chi connectivity index (χ4v) is 3.97. The van der Waals surface area contributed by atoms with Crippen molar-refractivity contribution in [1.29, 1.82) is 0 Å². The van der Waals surface area contributed by atoms with Gasteiger partial charge in [0.2, 0.25) is 5.91 Å². The van der Waals surface area contributed by atoms with Gasteiger partial charge in [0, 0.05) is 18.5 Å². The molecule has 2 amide bonds. The van der Waals surface area contributed by atoms with Gasteiger partial charge in [-0.2, -0.15) is 13.2 Å². The van der Waals surface area contributed by atoms with Gasteiger partial charge in [-0.3, -0.25) is 9.59 Å². The van der Waals surface area contributed by atoms with Crippen LogP contribution >= 0.6 is 11.3 Å². The predicted octanol–water partition coefficient (Wildman–Crippen LogP) is 2.97. The first kappa shape index (κ1) is 17.7. The normalized spacial score (nSPS) is 17.7. The van der Waals surface area contributed by atoms with Crippen molar-refractivity contribution in [3.8, 4) is 0 Å². The zero-order valence-corrected chi connectivity index (χ0v) is 14.6. The summed E-state index contributed by atoms with van der Waals surface area (Å²) in [6, 6.07) is 2.25. The highest BCUT2D eigenvalue weighted by Crippen LogP contribution is 2.35. The van der Waals surface area contributed by atoms with Crippen molar-refractivity contribution in [3.05, 3.63) is 28.3 Å². The zero-order valence-electron chi connectivity index (χ0n) is 13.8. The van der Waals surface area contributed by atoms with Crippen LogP contribution in [-0.2, 0) is 11.0 Å². The summed E-state index contributed by atoms with van der Waals surface area (Å²) in [4.78, 5) is 30.5. The molecule has 1 fully saturated rings. The number of nitrogens with zero attached hydrogens (tertiary/aromatic N) is 2. The average Bonchev–Trinajstić information content (AvgIpc) is 2.85. The molecular formula is C16H16F3N3O2S. The molecule has 0 saturated carbocycles. The van der Waals surface area contributed by atoms with E-state index in [1.807, 2.05) is 0 Å². The Labute approximate surface area is 145 Å². The van der Waals surface area contributed by atoms with E-state index in [9.17, 15) is 22.8 Å². The number of piperazine rings is 1. The number of alkyl halides is 3. The number of aryl methyl sites for hydroxylation is 1. The monoisotopic (exact) mass is 371 g/mol. The molecular weight excluding hydrogens is 355 g/mol. The molecule has 5 nitrogen and oxygen atoms in total. The molecule has 1 saturated heterocycles. The molecule has 3 heterocycles. The summed E-state index contributed by atoms with van der Waals surface area (Å²) in [6.45, 7) is 5.64. The Balaban J connectivity index is 2.05. The number of rotatable bonds is 1. The average molecular weight is 371 g/mol. The Kier molecular flexibility index (Phi) is 4.02. The van der Waals surface area contributed by atoms with Gasteiger partial charge in [0.1, 0.15) is 16.1 Å². The molecule has 9 heteroatoms. The Bertz CT molecular complexity index is 873. The molecule has 1 aliphatic rings. The quantitative estimate of drug-likeness (QED) is 0.838. The van der Waals surface area contributed by atoms with E-state index in [2.05, 4.69) is 10.3 Å². The maximum Gasteiger partial charge on any atom is 0.433 e. The van der Waals surface area contributed by atoms with Crippen LogP contribution in [0.5, 0.6) is 0 Å². The predicted molar refractivity (Wildman–Crippen MR) is 87.5 cm³/mol. The van der Waals surface area contributed by atoms with E-state index in [0.29, 0.717) is 28.9 Å². The number of hydrogen-bond donors (Lipinski definition) is 1. The van der Waals surface area contributed by atoms with E-state index in [-0.39, 0.29) is 16.6 Å². The number of carbonyl (C=O) groups is 2. The van der Waals surface area contributed by atoms with Crippen molar-refractivity contribution >= 4 is 33.4 Å². The lowest BCUT2D eigenvalue weighted by Gasteiger charge is -2.41. The first-order valence-electron chi connectivity index (χ1n) is 7.61. The number of nitrogens with one attached hydrogen (secondary N) is 1. The van der Waals surface area contributed by atoms with Gasteiger partial charge in [0.25, 0.3) is 5.91 Å². The maximum atomic E-state index is 12.9. The van der Waals surface area contributed by atoms with Gasteiger partial charge in [0.05, 0.1) is 4.88 Å². The van der Waals surface area contributed by atoms with Crippen LogP contribution in [0.2, 0.25) is 0 Å². The van der Waals surface area contributed by atoms with Crippen molar-refractivity contribution in [2.45, 2.75) is 32.5 Å². The topological polar surface area (TPSA) is 62.3 Å². The van der Waals surface area contributed by atoms with Gasteiger partial charge < -0.3 is 10.2 Å². The van der Waals surface area contributed by atoms with Crippen LogP contribution in [0.1, 0.15) is 34.8 Å². The van der Waals surface area contributed by atoms with E-state index in [1.165, 1.54) is 11.0 Å². The fraction of sp³-hybridized carbons (Fsp3) is 0.438. The van der Waals surface area contributed by atoms with Crippen molar-refractivity contribution in [1.82, 2.24) is 15.2 Å². The van der Waals surface area contributed by atoms with Gasteiger partial charge in [-0.1, -0.05) is 0 Å². The molecule has 134 valence electrons. The smallest absolute Gasteiger partial charge is 0.352 e. The van der Waals surface area contributed by atoms with Crippen LogP contribution in [0.25, 0.3) is 10.2 Å². The minimum Gasteiger partial charge on any atom is -0.352 e. The number of aromatic nitrogens is 1. The Hall–Kier alpha value is -2.16. The molecule has 0 unspecified atom stereocenters. The SMILES string of the molecule is Cc1c(C(=O)N2CCNC(=O)C2(C)C)sc2nc(C(F)(F)F)ccc12. The van der Waals surface area contributed by atoms with Crippen LogP contribution in [0, 0.1) is 6.92 Å². The third-order valence-electron chi connectivity index (χ3n) is 4.38. The Morgan fingerprint density at radius 2 is 2.04 bits per heavy atom. The molecule has 2 aromatic rings. The van der Waals surface area contributed by atoms with E-state index >= 15 is 0 Å². The molecule has 0 aliphatic carbocycles. The van der Waals surface area contributed by atoms with Gasteiger partial charge in [-0.05, 0) is 38.5 Å². The second-order valence-corrected chi connectivity index (χ2v) is 7.37.